The van der Waals surface area contributed by atoms with Gasteiger partial charge in [-0.3, -0.25) is 4.79 Å². The van der Waals surface area contributed by atoms with Gasteiger partial charge in [0.25, 0.3) is 5.91 Å². The van der Waals surface area contributed by atoms with E-state index in [-0.39, 0.29) is 10.5 Å². The Morgan fingerprint density at radius 1 is 1.00 bits per heavy atom. The lowest BCUT2D eigenvalue weighted by Gasteiger charge is -2.15. The minimum Gasteiger partial charge on any atom is -0.452 e. The Morgan fingerprint density at radius 3 is 2.29 bits per heavy atom. The van der Waals surface area contributed by atoms with Crippen molar-refractivity contribution in [2.45, 2.75) is 31.6 Å². The molecule has 0 aliphatic carbocycles. The van der Waals surface area contributed by atoms with Crippen molar-refractivity contribution >= 4 is 27.6 Å². The molecule has 0 spiro atoms. The number of benzene rings is 2. The van der Waals surface area contributed by atoms with Crippen molar-refractivity contribution in [1.29, 1.82) is 0 Å². The zero-order chi connectivity index (χ0) is 24.3. The molecule has 4 rings (SSSR count). The van der Waals surface area contributed by atoms with Gasteiger partial charge in [-0.05, 0) is 63.1 Å². The lowest BCUT2D eigenvalue weighted by Crippen LogP contribution is -2.27. The van der Waals surface area contributed by atoms with Crippen molar-refractivity contribution in [3.63, 3.8) is 0 Å². The molecule has 0 saturated carbocycles. The number of anilines is 1. The van der Waals surface area contributed by atoms with Gasteiger partial charge in [-0.1, -0.05) is 18.2 Å². The van der Waals surface area contributed by atoms with Crippen LogP contribution in [0.25, 0.3) is 5.69 Å². The first-order valence-corrected chi connectivity index (χ1v) is 12.4. The van der Waals surface area contributed by atoms with Crippen LogP contribution in [0.4, 0.5) is 5.69 Å². The monoisotopic (exact) mass is 482 g/mol. The zero-order valence-electron chi connectivity index (χ0n) is 19.0. The molecule has 0 atom stereocenters. The number of ether oxygens (including phenoxy) is 1. The van der Waals surface area contributed by atoms with Gasteiger partial charge in [0.15, 0.2) is 6.61 Å². The average molecular weight is 483 g/mol. The van der Waals surface area contributed by atoms with E-state index in [1.54, 1.807) is 11.6 Å². The number of nitrogens with zero attached hydrogens (tertiary/aromatic N) is 3. The SMILES string of the molecule is Cc1nn(-c2ccccc2)c(C)c1NC(=O)COC(=O)c1ccc(S(=O)(=O)N2CCCC2)cc1. The molecule has 0 bridgehead atoms. The second kappa shape index (κ2) is 9.78. The highest BCUT2D eigenvalue weighted by molar-refractivity contribution is 7.89. The molecular formula is C24H26N4O5S. The Kier molecular flexibility index (Phi) is 6.80. The summed E-state index contributed by atoms with van der Waals surface area (Å²) in [7, 11) is -3.56. The highest BCUT2D eigenvalue weighted by Gasteiger charge is 2.27. The predicted molar refractivity (Wildman–Crippen MR) is 126 cm³/mol. The Balaban J connectivity index is 1.36. The molecule has 178 valence electrons. The number of rotatable bonds is 7. The first-order valence-electron chi connectivity index (χ1n) is 11.0. The lowest BCUT2D eigenvalue weighted by atomic mass is 10.2. The molecule has 1 aliphatic heterocycles. The molecule has 1 fully saturated rings. The maximum absolute atomic E-state index is 12.6. The third kappa shape index (κ3) is 4.87. The first kappa shape index (κ1) is 23.7. The van der Waals surface area contributed by atoms with Crippen LogP contribution in [0.5, 0.6) is 0 Å². The van der Waals surface area contributed by atoms with Gasteiger partial charge in [-0.15, -0.1) is 0 Å². The maximum atomic E-state index is 12.6. The summed E-state index contributed by atoms with van der Waals surface area (Å²) in [5.41, 5.74) is 2.97. The van der Waals surface area contributed by atoms with Crippen molar-refractivity contribution in [1.82, 2.24) is 14.1 Å². The van der Waals surface area contributed by atoms with Crippen molar-refractivity contribution in [2.24, 2.45) is 0 Å². The largest absolute Gasteiger partial charge is 0.452 e. The maximum Gasteiger partial charge on any atom is 0.338 e. The highest BCUT2D eigenvalue weighted by Crippen LogP contribution is 2.23. The number of para-hydroxylation sites is 1. The van der Waals surface area contributed by atoms with Gasteiger partial charge in [0.05, 0.1) is 33.2 Å². The zero-order valence-corrected chi connectivity index (χ0v) is 19.8. The molecule has 1 saturated heterocycles. The van der Waals surface area contributed by atoms with Crippen LogP contribution in [0.15, 0.2) is 59.5 Å². The summed E-state index contributed by atoms with van der Waals surface area (Å²) >= 11 is 0. The molecule has 10 heteroatoms. The van der Waals surface area contributed by atoms with Gasteiger partial charge in [-0.25, -0.2) is 17.9 Å². The summed E-state index contributed by atoms with van der Waals surface area (Å²) in [6.07, 6.45) is 1.69. The van der Waals surface area contributed by atoms with Crippen LogP contribution in [0.3, 0.4) is 0 Å². The van der Waals surface area contributed by atoms with Gasteiger partial charge in [0, 0.05) is 13.1 Å². The molecular weight excluding hydrogens is 456 g/mol. The standard InChI is InChI=1S/C24H26N4O5S/c1-17-23(18(2)28(26-17)20-8-4-3-5-9-20)25-22(29)16-33-24(30)19-10-12-21(13-11-19)34(31,32)27-14-6-7-15-27/h3-5,8-13H,6-7,14-16H2,1-2H3,(H,25,29). The van der Waals surface area contributed by atoms with Crippen LogP contribution in [0.1, 0.15) is 34.6 Å². The number of carbonyl (C=O) groups excluding carboxylic acids is 2. The van der Waals surface area contributed by atoms with Crippen LogP contribution < -0.4 is 5.32 Å². The quantitative estimate of drug-likeness (QED) is 0.518. The van der Waals surface area contributed by atoms with E-state index in [4.69, 9.17) is 4.74 Å². The van der Waals surface area contributed by atoms with Crippen LogP contribution in [0.2, 0.25) is 0 Å². The summed E-state index contributed by atoms with van der Waals surface area (Å²) in [4.78, 5) is 24.9. The Labute approximate surface area is 198 Å². The molecule has 0 radical (unpaired) electrons. The number of amides is 1. The smallest absolute Gasteiger partial charge is 0.338 e. The second-order valence-electron chi connectivity index (χ2n) is 8.05. The number of nitrogens with one attached hydrogen (secondary N) is 1. The minimum atomic E-state index is -3.56. The minimum absolute atomic E-state index is 0.130. The van der Waals surface area contributed by atoms with Gasteiger partial charge < -0.3 is 10.1 Å². The van der Waals surface area contributed by atoms with Crippen molar-refractivity contribution in [2.75, 3.05) is 25.0 Å². The van der Waals surface area contributed by atoms with E-state index in [1.807, 2.05) is 37.3 Å². The van der Waals surface area contributed by atoms with E-state index in [0.29, 0.717) is 24.5 Å². The van der Waals surface area contributed by atoms with Gasteiger partial charge in [0.2, 0.25) is 10.0 Å². The van der Waals surface area contributed by atoms with Crippen molar-refractivity contribution in [3.8, 4) is 5.69 Å². The third-order valence-corrected chi connectivity index (χ3v) is 7.60. The number of hydrogen-bond acceptors (Lipinski definition) is 6. The van der Waals surface area contributed by atoms with Crippen molar-refractivity contribution < 1.29 is 22.7 Å². The molecule has 3 aromatic rings. The van der Waals surface area contributed by atoms with E-state index < -0.39 is 28.5 Å². The van der Waals surface area contributed by atoms with E-state index >= 15 is 0 Å². The second-order valence-corrected chi connectivity index (χ2v) is 9.99. The molecule has 0 unspecified atom stereocenters. The van der Waals surface area contributed by atoms with Gasteiger partial charge in [-0.2, -0.15) is 9.40 Å². The third-order valence-electron chi connectivity index (χ3n) is 5.68. The number of hydrogen-bond donors (Lipinski definition) is 1. The Bertz CT molecular complexity index is 1300. The Morgan fingerprint density at radius 2 is 1.65 bits per heavy atom. The van der Waals surface area contributed by atoms with Crippen LogP contribution in [-0.4, -0.2) is 54.1 Å². The van der Waals surface area contributed by atoms with Crippen molar-refractivity contribution in [3.05, 3.63) is 71.5 Å². The highest BCUT2D eigenvalue weighted by atomic mass is 32.2. The fourth-order valence-electron chi connectivity index (χ4n) is 3.87. The summed E-state index contributed by atoms with van der Waals surface area (Å²) in [6, 6.07) is 15.1. The number of sulfonamides is 1. The van der Waals surface area contributed by atoms with E-state index in [0.717, 1.165) is 24.2 Å². The molecule has 2 aromatic carbocycles. The number of aryl methyl sites for hydroxylation is 1. The summed E-state index contributed by atoms with van der Waals surface area (Å²) in [6.45, 7) is 4.15. The number of carbonyl (C=O) groups is 2. The lowest BCUT2D eigenvalue weighted by molar-refractivity contribution is -0.119. The van der Waals surface area contributed by atoms with E-state index in [9.17, 15) is 18.0 Å². The molecule has 9 nitrogen and oxygen atoms in total. The molecule has 1 N–H and O–H groups in total. The topological polar surface area (TPSA) is 111 Å². The first-order chi connectivity index (χ1) is 16.3. The van der Waals surface area contributed by atoms with Gasteiger partial charge >= 0.3 is 5.97 Å². The molecule has 1 amide bonds. The normalized spacial score (nSPS) is 14.2. The Hall–Kier alpha value is -3.50. The number of esters is 1. The number of aromatic nitrogens is 2. The van der Waals surface area contributed by atoms with Crippen LogP contribution >= 0.6 is 0 Å². The average Bonchev–Trinajstić information content (AvgIpc) is 3.48. The fourth-order valence-corrected chi connectivity index (χ4v) is 5.39. The molecule has 2 heterocycles. The predicted octanol–water partition coefficient (Wildman–Crippen LogP) is 3.07. The summed E-state index contributed by atoms with van der Waals surface area (Å²) < 4.78 is 33.5. The molecule has 34 heavy (non-hydrogen) atoms. The van der Waals surface area contributed by atoms with E-state index in [2.05, 4.69) is 10.4 Å². The summed E-state index contributed by atoms with van der Waals surface area (Å²) in [5, 5.41) is 7.23. The van der Waals surface area contributed by atoms with Crippen LogP contribution in [-0.2, 0) is 19.6 Å². The summed E-state index contributed by atoms with van der Waals surface area (Å²) in [5.74, 6) is -1.21. The van der Waals surface area contributed by atoms with E-state index in [1.165, 1.54) is 28.6 Å². The van der Waals surface area contributed by atoms with Crippen LogP contribution in [0, 0.1) is 13.8 Å². The molecule has 1 aliphatic rings. The van der Waals surface area contributed by atoms with Gasteiger partial charge in [0.1, 0.15) is 0 Å². The molecule has 1 aromatic heterocycles. The fraction of sp³-hybridized carbons (Fsp3) is 0.292.